The van der Waals surface area contributed by atoms with E-state index in [4.69, 9.17) is 0 Å². The summed E-state index contributed by atoms with van der Waals surface area (Å²) in [7, 11) is 1.81. The molecule has 3 nitrogen and oxygen atoms in total. The summed E-state index contributed by atoms with van der Waals surface area (Å²) in [5.41, 5.74) is 1.82. The predicted octanol–water partition coefficient (Wildman–Crippen LogP) is 3.01. The van der Waals surface area contributed by atoms with E-state index in [1.54, 1.807) is 0 Å². The van der Waals surface area contributed by atoms with Gasteiger partial charge in [-0.05, 0) is 38.9 Å². The molecule has 6 heteroatoms. The zero-order chi connectivity index (χ0) is 14.3. The van der Waals surface area contributed by atoms with Crippen molar-refractivity contribution in [3.8, 4) is 0 Å². The van der Waals surface area contributed by atoms with E-state index < -0.39 is 12.8 Å². The van der Waals surface area contributed by atoms with E-state index in [1.807, 2.05) is 32.2 Å². The Balaban J connectivity index is 2.34. The lowest BCUT2D eigenvalue weighted by molar-refractivity contribution is -0.174. The molecule has 0 spiro atoms. The Morgan fingerprint density at radius 3 is 2.68 bits per heavy atom. The molecule has 0 amide bonds. The van der Waals surface area contributed by atoms with Gasteiger partial charge in [-0.2, -0.15) is 13.2 Å². The van der Waals surface area contributed by atoms with Crippen molar-refractivity contribution in [3.05, 3.63) is 29.6 Å². The van der Waals surface area contributed by atoms with E-state index in [9.17, 15) is 13.2 Å². The second kappa shape index (κ2) is 7.45. The van der Waals surface area contributed by atoms with Crippen LogP contribution in [0.3, 0.4) is 0 Å². The first-order chi connectivity index (χ1) is 8.92. The van der Waals surface area contributed by atoms with E-state index in [0.717, 1.165) is 11.4 Å². The summed E-state index contributed by atoms with van der Waals surface area (Å²) < 4.78 is 40.2. The maximum atomic E-state index is 11.9. The van der Waals surface area contributed by atoms with Crippen molar-refractivity contribution in [1.29, 1.82) is 0 Å². The summed E-state index contributed by atoms with van der Waals surface area (Å²) >= 11 is 0. The highest BCUT2D eigenvalue weighted by Gasteiger charge is 2.27. The van der Waals surface area contributed by atoms with Crippen molar-refractivity contribution in [3.63, 3.8) is 0 Å². The van der Waals surface area contributed by atoms with Gasteiger partial charge < -0.3 is 10.1 Å². The highest BCUT2D eigenvalue weighted by atomic mass is 19.4. The Morgan fingerprint density at radius 1 is 1.37 bits per heavy atom. The number of hydrogen-bond acceptors (Lipinski definition) is 3. The third-order valence-electron chi connectivity index (χ3n) is 2.66. The highest BCUT2D eigenvalue weighted by Crippen LogP contribution is 2.18. The zero-order valence-electron chi connectivity index (χ0n) is 11.1. The molecule has 1 unspecified atom stereocenters. The number of halogens is 3. The number of nitrogens with one attached hydrogen (secondary N) is 1. The van der Waals surface area contributed by atoms with Gasteiger partial charge in [-0.25, -0.2) is 0 Å². The van der Waals surface area contributed by atoms with Crippen molar-refractivity contribution in [1.82, 2.24) is 10.3 Å². The fourth-order valence-corrected chi connectivity index (χ4v) is 1.78. The minimum absolute atomic E-state index is 0.0365. The summed E-state index contributed by atoms with van der Waals surface area (Å²) in [5.74, 6) is 0. The molecule has 1 heterocycles. The SMILES string of the molecule is CNC(CCCOCC(F)(F)F)c1cccc(C)n1. The van der Waals surface area contributed by atoms with Crippen LogP contribution < -0.4 is 5.32 Å². The molecule has 1 atom stereocenters. The molecule has 1 rings (SSSR count). The number of aromatic nitrogens is 1. The summed E-state index contributed by atoms with van der Waals surface area (Å²) in [6.45, 7) is 0.825. The molecule has 0 fully saturated rings. The maximum absolute atomic E-state index is 11.9. The van der Waals surface area contributed by atoms with Crippen LogP contribution >= 0.6 is 0 Å². The normalized spacial score (nSPS) is 13.5. The van der Waals surface area contributed by atoms with Gasteiger partial charge in [0.05, 0.1) is 5.69 Å². The van der Waals surface area contributed by atoms with Crippen molar-refractivity contribution in [2.75, 3.05) is 20.3 Å². The number of hydrogen-bond donors (Lipinski definition) is 1. The second-order valence-electron chi connectivity index (χ2n) is 4.36. The van der Waals surface area contributed by atoms with Crippen LogP contribution in [-0.4, -0.2) is 31.4 Å². The molecule has 1 aromatic rings. The van der Waals surface area contributed by atoms with E-state index in [-0.39, 0.29) is 12.6 Å². The van der Waals surface area contributed by atoms with Crippen molar-refractivity contribution < 1.29 is 17.9 Å². The van der Waals surface area contributed by atoms with Crippen molar-refractivity contribution in [2.24, 2.45) is 0 Å². The topological polar surface area (TPSA) is 34.1 Å². The van der Waals surface area contributed by atoms with Crippen LogP contribution in [0.4, 0.5) is 13.2 Å². The van der Waals surface area contributed by atoms with Crippen LogP contribution in [0.1, 0.15) is 30.3 Å². The van der Waals surface area contributed by atoms with Gasteiger partial charge in [0.2, 0.25) is 0 Å². The summed E-state index contributed by atoms with van der Waals surface area (Å²) in [5, 5.41) is 3.11. The molecule has 0 aliphatic rings. The van der Waals surface area contributed by atoms with Gasteiger partial charge in [0.1, 0.15) is 6.61 Å². The standard InChI is InChI=1S/C13H19F3N2O/c1-10-5-3-6-12(18-10)11(17-2)7-4-8-19-9-13(14,15)16/h3,5-6,11,17H,4,7-9H2,1-2H3. The van der Waals surface area contributed by atoms with Crippen molar-refractivity contribution >= 4 is 0 Å². The second-order valence-corrected chi connectivity index (χ2v) is 4.36. The first-order valence-corrected chi connectivity index (χ1v) is 6.17. The Kier molecular flexibility index (Phi) is 6.24. The lowest BCUT2D eigenvalue weighted by atomic mass is 10.1. The Labute approximate surface area is 111 Å². The first kappa shape index (κ1) is 15.9. The Hall–Kier alpha value is -1.14. The van der Waals surface area contributed by atoms with E-state index in [1.165, 1.54) is 0 Å². The molecule has 0 bridgehead atoms. The van der Waals surface area contributed by atoms with Crippen LogP contribution in [0, 0.1) is 6.92 Å². The van der Waals surface area contributed by atoms with E-state index in [2.05, 4.69) is 15.0 Å². The number of alkyl halides is 3. The molecule has 0 aromatic carbocycles. The van der Waals surface area contributed by atoms with E-state index in [0.29, 0.717) is 12.8 Å². The summed E-state index contributed by atoms with van der Waals surface area (Å²) in [6, 6.07) is 5.77. The first-order valence-electron chi connectivity index (χ1n) is 6.17. The third-order valence-corrected chi connectivity index (χ3v) is 2.66. The molecule has 0 radical (unpaired) electrons. The van der Waals surface area contributed by atoms with Crippen LogP contribution in [0.2, 0.25) is 0 Å². The van der Waals surface area contributed by atoms with Gasteiger partial charge in [-0.1, -0.05) is 6.07 Å². The molecule has 0 saturated carbocycles. The molecule has 0 saturated heterocycles. The van der Waals surface area contributed by atoms with Gasteiger partial charge in [0.15, 0.2) is 0 Å². The quantitative estimate of drug-likeness (QED) is 0.777. The Morgan fingerprint density at radius 2 is 2.11 bits per heavy atom. The monoisotopic (exact) mass is 276 g/mol. The average Bonchev–Trinajstić information content (AvgIpc) is 2.32. The zero-order valence-corrected chi connectivity index (χ0v) is 11.1. The Bertz CT molecular complexity index is 382. The van der Waals surface area contributed by atoms with Gasteiger partial charge in [-0.15, -0.1) is 0 Å². The number of nitrogens with zero attached hydrogens (tertiary/aromatic N) is 1. The summed E-state index contributed by atoms with van der Waals surface area (Å²) in [4.78, 5) is 4.40. The van der Waals surface area contributed by atoms with E-state index >= 15 is 0 Å². The van der Waals surface area contributed by atoms with Crippen LogP contribution in [0.25, 0.3) is 0 Å². The lowest BCUT2D eigenvalue weighted by Gasteiger charge is -2.16. The predicted molar refractivity (Wildman–Crippen MR) is 66.9 cm³/mol. The molecule has 108 valence electrons. The smallest absolute Gasteiger partial charge is 0.372 e. The van der Waals surface area contributed by atoms with Crippen LogP contribution in [-0.2, 0) is 4.74 Å². The van der Waals surface area contributed by atoms with Crippen LogP contribution in [0.5, 0.6) is 0 Å². The summed E-state index contributed by atoms with van der Waals surface area (Å²) in [6.07, 6.45) is -3.01. The number of rotatable bonds is 7. The van der Waals surface area contributed by atoms with Gasteiger partial charge in [-0.3, -0.25) is 4.98 Å². The number of ether oxygens (including phenoxy) is 1. The largest absolute Gasteiger partial charge is 0.411 e. The molecular weight excluding hydrogens is 257 g/mol. The fraction of sp³-hybridized carbons (Fsp3) is 0.615. The lowest BCUT2D eigenvalue weighted by Crippen LogP contribution is -2.20. The minimum Gasteiger partial charge on any atom is -0.372 e. The molecule has 1 aromatic heterocycles. The molecule has 1 N–H and O–H groups in total. The van der Waals surface area contributed by atoms with Crippen molar-refractivity contribution in [2.45, 2.75) is 32.0 Å². The maximum Gasteiger partial charge on any atom is 0.411 e. The van der Waals surface area contributed by atoms with Crippen LogP contribution in [0.15, 0.2) is 18.2 Å². The molecule has 0 aliphatic heterocycles. The number of pyridine rings is 1. The van der Waals surface area contributed by atoms with Gasteiger partial charge >= 0.3 is 6.18 Å². The minimum atomic E-state index is -4.25. The molecule has 0 aliphatic carbocycles. The third kappa shape index (κ3) is 6.54. The van der Waals surface area contributed by atoms with Gasteiger partial charge in [0, 0.05) is 18.3 Å². The molecule has 19 heavy (non-hydrogen) atoms. The average molecular weight is 276 g/mol. The molecular formula is C13H19F3N2O. The number of aryl methyl sites for hydroxylation is 1. The van der Waals surface area contributed by atoms with Gasteiger partial charge in [0.25, 0.3) is 0 Å². The fourth-order valence-electron chi connectivity index (χ4n) is 1.78. The highest BCUT2D eigenvalue weighted by molar-refractivity contribution is 5.13.